The van der Waals surface area contributed by atoms with Crippen LogP contribution >= 0.6 is 0 Å². The summed E-state index contributed by atoms with van der Waals surface area (Å²) in [7, 11) is 0. The Morgan fingerprint density at radius 1 is 1.10 bits per heavy atom. The highest BCUT2D eigenvalue weighted by molar-refractivity contribution is 5.89. The van der Waals surface area contributed by atoms with Gasteiger partial charge >= 0.3 is 5.97 Å². The number of piperidine rings is 1. The van der Waals surface area contributed by atoms with Crippen LogP contribution in [0.5, 0.6) is 0 Å². The van der Waals surface area contributed by atoms with Crippen molar-refractivity contribution in [3.05, 3.63) is 42.0 Å². The van der Waals surface area contributed by atoms with Gasteiger partial charge in [0.25, 0.3) is 0 Å². The lowest BCUT2D eigenvalue weighted by Gasteiger charge is -2.50. The van der Waals surface area contributed by atoms with Crippen molar-refractivity contribution in [3.8, 4) is 0 Å². The predicted molar refractivity (Wildman–Crippen MR) is 123 cm³/mol. The quantitative estimate of drug-likeness (QED) is 0.408. The third-order valence-electron chi connectivity index (χ3n) is 7.81. The zero-order chi connectivity index (χ0) is 21.1. The molecule has 3 heteroatoms. The molecule has 0 N–H and O–H groups in total. The molecule has 0 amide bonds. The van der Waals surface area contributed by atoms with Crippen LogP contribution in [0.3, 0.4) is 0 Å². The number of fused-ring (bicyclic) bond motifs is 2. The van der Waals surface area contributed by atoms with Gasteiger partial charge in [-0.25, -0.2) is 0 Å². The largest absolute Gasteiger partial charge is 0.461 e. The SMILES string of the molecule is CCC[N+]1(CC(C)C)[C@@H]2CC[C@H]1CC(OC(=O)C1CCCC=C1c1ccccc1)C2. The molecule has 4 rings (SSSR count). The van der Waals surface area contributed by atoms with Gasteiger partial charge in [-0.3, -0.25) is 4.79 Å². The summed E-state index contributed by atoms with van der Waals surface area (Å²) in [6.45, 7) is 9.63. The van der Waals surface area contributed by atoms with Gasteiger partial charge in [0.2, 0.25) is 0 Å². The van der Waals surface area contributed by atoms with Crippen LogP contribution in [-0.2, 0) is 9.53 Å². The molecule has 0 saturated carbocycles. The van der Waals surface area contributed by atoms with Crippen molar-refractivity contribution in [3.63, 3.8) is 0 Å². The highest BCUT2D eigenvalue weighted by Crippen LogP contribution is 2.45. The van der Waals surface area contributed by atoms with E-state index in [0.29, 0.717) is 12.1 Å². The van der Waals surface area contributed by atoms with Crippen molar-refractivity contribution in [2.45, 2.75) is 90.3 Å². The monoisotopic (exact) mass is 410 g/mol. The maximum absolute atomic E-state index is 13.3. The van der Waals surface area contributed by atoms with E-state index >= 15 is 0 Å². The van der Waals surface area contributed by atoms with Crippen molar-refractivity contribution in [1.82, 2.24) is 0 Å². The molecule has 3 nitrogen and oxygen atoms in total. The second-order valence-corrected chi connectivity index (χ2v) is 10.3. The fraction of sp³-hybridized carbons (Fsp3) is 0.667. The number of allylic oxidation sites excluding steroid dienone is 1. The van der Waals surface area contributed by atoms with Gasteiger partial charge in [-0.1, -0.05) is 57.2 Å². The number of carbonyl (C=O) groups is 1. The zero-order valence-electron chi connectivity index (χ0n) is 19.2. The van der Waals surface area contributed by atoms with Crippen LogP contribution in [0.25, 0.3) is 5.57 Å². The van der Waals surface area contributed by atoms with Crippen LogP contribution in [0.1, 0.15) is 77.7 Å². The highest BCUT2D eigenvalue weighted by atomic mass is 16.5. The topological polar surface area (TPSA) is 26.3 Å². The molecule has 0 spiro atoms. The Kier molecular flexibility index (Phi) is 6.67. The van der Waals surface area contributed by atoms with E-state index in [1.807, 2.05) is 6.07 Å². The second kappa shape index (κ2) is 9.26. The van der Waals surface area contributed by atoms with Crippen LogP contribution in [0.2, 0.25) is 0 Å². The van der Waals surface area contributed by atoms with E-state index in [0.717, 1.165) is 38.0 Å². The summed E-state index contributed by atoms with van der Waals surface area (Å²) >= 11 is 0. The molecule has 5 atom stereocenters. The fourth-order valence-corrected chi connectivity index (χ4v) is 6.82. The standard InChI is InChI=1S/C27H40NO2/c1-4-16-28(19-20(2)3)22-14-15-23(28)18-24(17-22)30-27(29)26-13-9-8-12-25(26)21-10-6-5-7-11-21/h5-7,10-12,20,22-24,26H,4,8-9,13-19H2,1-3H3/q+1/t22-,23+,24?,26?,28?. The van der Waals surface area contributed by atoms with Gasteiger partial charge in [-0.15, -0.1) is 0 Å². The predicted octanol–water partition coefficient (Wildman–Crippen LogP) is 5.99. The van der Waals surface area contributed by atoms with Gasteiger partial charge in [-0.2, -0.15) is 0 Å². The molecule has 2 aliphatic heterocycles. The summed E-state index contributed by atoms with van der Waals surface area (Å²) in [5, 5.41) is 0. The number of ether oxygens (including phenoxy) is 1. The molecule has 3 unspecified atom stereocenters. The minimum absolute atomic E-state index is 0.0218. The van der Waals surface area contributed by atoms with E-state index in [1.54, 1.807) is 0 Å². The Morgan fingerprint density at radius 2 is 1.80 bits per heavy atom. The zero-order valence-corrected chi connectivity index (χ0v) is 19.2. The molecule has 164 valence electrons. The Labute approximate surface area is 183 Å². The molecule has 0 aromatic heterocycles. The maximum atomic E-state index is 13.3. The van der Waals surface area contributed by atoms with Gasteiger partial charge < -0.3 is 9.22 Å². The Hall–Kier alpha value is -1.61. The summed E-state index contributed by atoms with van der Waals surface area (Å²) in [4.78, 5) is 13.3. The van der Waals surface area contributed by atoms with Crippen LogP contribution in [0.4, 0.5) is 0 Å². The normalized spacial score (nSPS) is 33.4. The van der Waals surface area contributed by atoms with Gasteiger partial charge in [0.15, 0.2) is 0 Å². The van der Waals surface area contributed by atoms with Crippen LogP contribution in [0, 0.1) is 11.8 Å². The van der Waals surface area contributed by atoms with Gasteiger partial charge in [-0.05, 0) is 36.8 Å². The van der Waals surface area contributed by atoms with E-state index < -0.39 is 0 Å². The number of esters is 1. The molecule has 2 fully saturated rings. The molecule has 2 heterocycles. The molecule has 1 aromatic rings. The fourth-order valence-electron chi connectivity index (χ4n) is 6.82. The van der Waals surface area contributed by atoms with E-state index in [9.17, 15) is 4.79 Å². The Bertz CT molecular complexity index is 739. The number of hydrogen-bond donors (Lipinski definition) is 0. The lowest BCUT2D eigenvalue weighted by Crippen LogP contribution is -2.63. The smallest absolute Gasteiger partial charge is 0.313 e. The Balaban J connectivity index is 1.45. The maximum Gasteiger partial charge on any atom is 0.313 e. The molecule has 2 bridgehead atoms. The van der Waals surface area contributed by atoms with Gasteiger partial charge in [0.1, 0.15) is 6.10 Å². The number of nitrogens with zero attached hydrogens (tertiary/aromatic N) is 1. The molecular weight excluding hydrogens is 370 g/mol. The molecular formula is C27H40NO2+. The van der Waals surface area contributed by atoms with Crippen molar-refractivity contribution in [2.24, 2.45) is 11.8 Å². The van der Waals surface area contributed by atoms with E-state index in [2.05, 4.69) is 51.1 Å². The first-order valence-corrected chi connectivity index (χ1v) is 12.4. The average Bonchev–Trinajstić information content (AvgIpc) is 2.91. The number of hydrogen-bond acceptors (Lipinski definition) is 2. The van der Waals surface area contributed by atoms with Crippen LogP contribution < -0.4 is 0 Å². The number of benzene rings is 1. The molecule has 2 saturated heterocycles. The molecule has 1 aliphatic carbocycles. The molecule has 30 heavy (non-hydrogen) atoms. The van der Waals surface area contributed by atoms with Crippen LogP contribution in [-0.4, -0.2) is 41.7 Å². The van der Waals surface area contributed by atoms with Crippen molar-refractivity contribution >= 4 is 11.5 Å². The van der Waals surface area contributed by atoms with E-state index in [4.69, 9.17) is 4.74 Å². The average molecular weight is 411 g/mol. The van der Waals surface area contributed by atoms with Crippen LogP contribution in [0.15, 0.2) is 36.4 Å². The number of carbonyl (C=O) groups excluding carboxylic acids is 1. The molecule has 0 radical (unpaired) electrons. The summed E-state index contributed by atoms with van der Waals surface area (Å²) in [6.07, 6.45) is 11.4. The molecule has 3 aliphatic rings. The second-order valence-electron chi connectivity index (χ2n) is 10.3. The minimum Gasteiger partial charge on any atom is -0.461 e. The first-order valence-electron chi connectivity index (χ1n) is 12.4. The first-order chi connectivity index (χ1) is 14.5. The lowest BCUT2D eigenvalue weighted by atomic mass is 9.83. The molecule has 1 aromatic carbocycles. The summed E-state index contributed by atoms with van der Waals surface area (Å²) in [6, 6.07) is 11.8. The minimum atomic E-state index is -0.0914. The third-order valence-corrected chi connectivity index (χ3v) is 7.81. The van der Waals surface area contributed by atoms with E-state index in [1.165, 1.54) is 48.0 Å². The van der Waals surface area contributed by atoms with Crippen molar-refractivity contribution < 1.29 is 14.0 Å². The van der Waals surface area contributed by atoms with Crippen molar-refractivity contribution in [2.75, 3.05) is 13.1 Å². The summed E-state index contributed by atoms with van der Waals surface area (Å²) in [5.74, 6) is 0.652. The van der Waals surface area contributed by atoms with E-state index in [-0.39, 0.29) is 18.0 Å². The third kappa shape index (κ3) is 4.23. The lowest BCUT2D eigenvalue weighted by molar-refractivity contribution is -0.969. The number of quaternary nitrogens is 1. The highest BCUT2D eigenvalue weighted by Gasteiger charge is 2.54. The van der Waals surface area contributed by atoms with Gasteiger partial charge in [0, 0.05) is 31.6 Å². The van der Waals surface area contributed by atoms with Crippen molar-refractivity contribution in [1.29, 1.82) is 0 Å². The number of rotatable bonds is 7. The first kappa shape index (κ1) is 21.6. The summed E-state index contributed by atoms with van der Waals surface area (Å²) < 4.78 is 7.54. The Morgan fingerprint density at radius 3 is 2.43 bits per heavy atom. The summed E-state index contributed by atoms with van der Waals surface area (Å²) in [5.41, 5.74) is 2.36. The van der Waals surface area contributed by atoms with Gasteiger partial charge in [0.05, 0.1) is 31.1 Å².